The summed E-state index contributed by atoms with van der Waals surface area (Å²) in [5, 5.41) is 2.92. The monoisotopic (exact) mass is 323 g/mol. The maximum atomic E-state index is 12.5. The van der Waals surface area contributed by atoms with Crippen molar-refractivity contribution < 1.29 is 9.59 Å². The maximum Gasteiger partial charge on any atom is 0.272 e. The smallest absolute Gasteiger partial charge is 0.272 e. The van der Waals surface area contributed by atoms with Gasteiger partial charge in [0.15, 0.2) is 0 Å². The number of likely N-dealkylation sites (tertiary alicyclic amines) is 1. The van der Waals surface area contributed by atoms with E-state index in [9.17, 15) is 9.59 Å². The van der Waals surface area contributed by atoms with Crippen LogP contribution in [0.2, 0.25) is 0 Å². The molecular formula is C19H21N3O2. The highest BCUT2D eigenvalue weighted by Gasteiger charge is 2.21. The summed E-state index contributed by atoms with van der Waals surface area (Å²) >= 11 is 0. The average molecular weight is 323 g/mol. The van der Waals surface area contributed by atoms with E-state index in [4.69, 9.17) is 0 Å². The third-order valence-electron chi connectivity index (χ3n) is 4.28. The van der Waals surface area contributed by atoms with Crippen molar-refractivity contribution in [3.8, 4) is 0 Å². The fraction of sp³-hybridized carbons (Fsp3) is 0.316. The molecule has 1 aliphatic rings. The average Bonchev–Trinajstić information content (AvgIpc) is 3.16. The van der Waals surface area contributed by atoms with E-state index in [0.29, 0.717) is 11.3 Å². The number of hydrogen-bond donors (Lipinski definition) is 1. The molecule has 1 fully saturated rings. The van der Waals surface area contributed by atoms with E-state index in [1.54, 1.807) is 17.0 Å². The lowest BCUT2D eigenvalue weighted by Crippen LogP contribution is -2.28. The summed E-state index contributed by atoms with van der Waals surface area (Å²) < 4.78 is 0. The van der Waals surface area contributed by atoms with Gasteiger partial charge < -0.3 is 10.2 Å². The van der Waals surface area contributed by atoms with Crippen LogP contribution in [0.25, 0.3) is 0 Å². The van der Waals surface area contributed by atoms with Crippen LogP contribution in [-0.2, 0) is 6.42 Å². The molecule has 3 rings (SSSR count). The molecule has 0 radical (unpaired) electrons. The Morgan fingerprint density at radius 2 is 1.92 bits per heavy atom. The van der Waals surface area contributed by atoms with Crippen molar-refractivity contribution in [1.82, 2.24) is 9.88 Å². The SMILES string of the molecule is CCc1ccccc1NC(=O)c1ccnc(C(=O)N2CCCC2)c1. The van der Waals surface area contributed by atoms with Crippen molar-refractivity contribution in [3.63, 3.8) is 0 Å². The number of pyridine rings is 1. The number of carbonyl (C=O) groups excluding carboxylic acids is 2. The summed E-state index contributed by atoms with van der Waals surface area (Å²) in [5.41, 5.74) is 2.65. The molecule has 0 atom stereocenters. The summed E-state index contributed by atoms with van der Waals surface area (Å²) in [6, 6.07) is 10.9. The van der Waals surface area contributed by atoms with Crippen molar-refractivity contribution in [1.29, 1.82) is 0 Å². The van der Waals surface area contributed by atoms with Gasteiger partial charge in [-0.25, -0.2) is 0 Å². The Morgan fingerprint density at radius 3 is 2.67 bits per heavy atom. The largest absolute Gasteiger partial charge is 0.337 e. The molecule has 24 heavy (non-hydrogen) atoms. The van der Waals surface area contributed by atoms with Crippen molar-refractivity contribution in [2.24, 2.45) is 0 Å². The minimum Gasteiger partial charge on any atom is -0.337 e. The molecule has 2 heterocycles. The van der Waals surface area contributed by atoms with E-state index in [1.165, 1.54) is 6.20 Å². The van der Waals surface area contributed by atoms with Crippen LogP contribution in [0, 0.1) is 0 Å². The van der Waals surface area contributed by atoms with Gasteiger partial charge in [0.05, 0.1) is 0 Å². The van der Waals surface area contributed by atoms with Gasteiger partial charge in [0, 0.05) is 30.5 Å². The molecule has 0 spiro atoms. The van der Waals surface area contributed by atoms with Crippen molar-refractivity contribution in [2.45, 2.75) is 26.2 Å². The fourth-order valence-corrected chi connectivity index (χ4v) is 2.92. The number of aryl methyl sites for hydroxylation is 1. The van der Waals surface area contributed by atoms with Gasteiger partial charge >= 0.3 is 0 Å². The van der Waals surface area contributed by atoms with Crippen LogP contribution in [0.15, 0.2) is 42.6 Å². The number of para-hydroxylation sites is 1. The van der Waals surface area contributed by atoms with Crippen LogP contribution < -0.4 is 5.32 Å². The number of rotatable bonds is 4. The van der Waals surface area contributed by atoms with Gasteiger partial charge in [-0.1, -0.05) is 25.1 Å². The molecule has 0 unspecified atom stereocenters. The first-order valence-electron chi connectivity index (χ1n) is 8.33. The number of carbonyl (C=O) groups is 2. The van der Waals surface area contributed by atoms with Crippen molar-refractivity contribution >= 4 is 17.5 Å². The lowest BCUT2D eigenvalue weighted by atomic mass is 10.1. The molecule has 124 valence electrons. The molecule has 1 aliphatic heterocycles. The normalized spacial score (nSPS) is 13.8. The minimum absolute atomic E-state index is 0.101. The summed E-state index contributed by atoms with van der Waals surface area (Å²) in [5.74, 6) is -0.329. The number of nitrogens with one attached hydrogen (secondary N) is 1. The second-order valence-corrected chi connectivity index (χ2v) is 5.89. The summed E-state index contributed by atoms with van der Waals surface area (Å²) in [6.07, 6.45) is 4.41. The van der Waals surface area contributed by atoms with E-state index in [0.717, 1.165) is 43.6 Å². The highest BCUT2D eigenvalue weighted by Crippen LogP contribution is 2.17. The second kappa shape index (κ2) is 7.25. The Balaban J connectivity index is 1.78. The lowest BCUT2D eigenvalue weighted by Gasteiger charge is -2.15. The van der Waals surface area contributed by atoms with Crippen LogP contribution in [0.1, 0.15) is 46.2 Å². The van der Waals surface area contributed by atoms with Gasteiger partial charge in [0.1, 0.15) is 5.69 Å². The van der Waals surface area contributed by atoms with Crippen LogP contribution in [0.3, 0.4) is 0 Å². The molecule has 1 N–H and O–H groups in total. The number of hydrogen-bond acceptors (Lipinski definition) is 3. The van der Waals surface area contributed by atoms with Crippen molar-refractivity contribution in [3.05, 3.63) is 59.4 Å². The van der Waals surface area contributed by atoms with Gasteiger partial charge in [-0.15, -0.1) is 0 Å². The van der Waals surface area contributed by atoms with E-state index in [-0.39, 0.29) is 11.8 Å². The highest BCUT2D eigenvalue weighted by molar-refractivity contribution is 6.06. The van der Waals surface area contributed by atoms with Gasteiger partial charge in [-0.3, -0.25) is 14.6 Å². The van der Waals surface area contributed by atoms with Crippen LogP contribution >= 0.6 is 0 Å². The van der Waals surface area contributed by atoms with Gasteiger partial charge in [-0.05, 0) is 43.0 Å². The molecule has 1 aromatic heterocycles. The molecule has 2 amide bonds. The summed E-state index contributed by atoms with van der Waals surface area (Å²) in [6.45, 7) is 3.58. The molecule has 5 nitrogen and oxygen atoms in total. The topological polar surface area (TPSA) is 62.3 Å². The van der Waals surface area contributed by atoms with Crippen LogP contribution in [-0.4, -0.2) is 34.8 Å². The molecular weight excluding hydrogens is 302 g/mol. The number of amides is 2. The first-order chi connectivity index (χ1) is 11.7. The zero-order chi connectivity index (χ0) is 16.9. The Bertz CT molecular complexity index is 752. The van der Waals surface area contributed by atoms with Gasteiger partial charge in [0.25, 0.3) is 11.8 Å². The molecule has 2 aromatic rings. The molecule has 0 saturated carbocycles. The zero-order valence-corrected chi connectivity index (χ0v) is 13.8. The standard InChI is InChI=1S/C19H21N3O2/c1-2-14-7-3-4-8-16(14)21-18(23)15-9-10-20-17(13-15)19(24)22-11-5-6-12-22/h3-4,7-10,13H,2,5-6,11-12H2,1H3,(H,21,23). The number of nitrogens with zero attached hydrogens (tertiary/aromatic N) is 2. The molecule has 1 aromatic carbocycles. The molecule has 1 saturated heterocycles. The van der Waals surface area contributed by atoms with E-state index in [1.807, 2.05) is 31.2 Å². The third kappa shape index (κ3) is 3.45. The maximum absolute atomic E-state index is 12.5. The minimum atomic E-state index is -0.228. The Hall–Kier alpha value is -2.69. The fourth-order valence-electron chi connectivity index (χ4n) is 2.92. The summed E-state index contributed by atoms with van der Waals surface area (Å²) in [7, 11) is 0. The van der Waals surface area contributed by atoms with E-state index < -0.39 is 0 Å². The van der Waals surface area contributed by atoms with E-state index >= 15 is 0 Å². The number of benzene rings is 1. The quantitative estimate of drug-likeness (QED) is 0.940. The lowest BCUT2D eigenvalue weighted by molar-refractivity contribution is 0.0787. The zero-order valence-electron chi connectivity index (χ0n) is 13.8. The predicted molar refractivity (Wildman–Crippen MR) is 93.1 cm³/mol. The first-order valence-corrected chi connectivity index (χ1v) is 8.33. The molecule has 5 heteroatoms. The Morgan fingerprint density at radius 1 is 1.17 bits per heavy atom. The Labute approximate surface area is 141 Å². The third-order valence-corrected chi connectivity index (χ3v) is 4.28. The summed E-state index contributed by atoms with van der Waals surface area (Å²) in [4.78, 5) is 30.9. The van der Waals surface area contributed by atoms with Gasteiger partial charge in [0.2, 0.25) is 0 Å². The number of aromatic nitrogens is 1. The van der Waals surface area contributed by atoms with Gasteiger partial charge in [-0.2, -0.15) is 0 Å². The Kier molecular flexibility index (Phi) is 4.89. The van der Waals surface area contributed by atoms with Crippen molar-refractivity contribution in [2.75, 3.05) is 18.4 Å². The highest BCUT2D eigenvalue weighted by atomic mass is 16.2. The van der Waals surface area contributed by atoms with Crippen LogP contribution in [0.4, 0.5) is 5.69 Å². The number of anilines is 1. The van der Waals surface area contributed by atoms with Crippen LogP contribution in [0.5, 0.6) is 0 Å². The molecule has 0 aliphatic carbocycles. The first kappa shape index (κ1) is 16.2. The molecule has 0 bridgehead atoms. The van der Waals surface area contributed by atoms with E-state index in [2.05, 4.69) is 10.3 Å². The predicted octanol–water partition coefficient (Wildman–Crippen LogP) is 3.13. The second-order valence-electron chi connectivity index (χ2n) is 5.89.